The van der Waals surface area contributed by atoms with Gasteiger partial charge in [-0.05, 0) is 72.4 Å². The average Bonchev–Trinajstić information content (AvgIpc) is 2.78. The molecule has 0 N–H and O–H groups in total. The predicted octanol–water partition coefficient (Wildman–Crippen LogP) is 8.35. The van der Waals surface area contributed by atoms with Gasteiger partial charge in [-0.15, -0.1) is 0 Å². The van der Waals surface area contributed by atoms with Crippen LogP contribution in [-0.2, 0) is 25.7 Å². The van der Waals surface area contributed by atoms with Crippen LogP contribution in [-0.4, -0.2) is 0 Å². The van der Waals surface area contributed by atoms with Crippen LogP contribution in [0.5, 0.6) is 0 Å². The number of hydrogen-bond acceptors (Lipinski definition) is 0. The van der Waals surface area contributed by atoms with Crippen LogP contribution >= 0.6 is 0 Å². The summed E-state index contributed by atoms with van der Waals surface area (Å²) in [4.78, 5) is 0. The van der Waals surface area contributed by atoms with E-state index in [4.69, 9.17) is 0 Å². The summed E-state index contributed by atoms with van der Waals surface area (Å²) in [5.41, 5.74) is 6.86. The van der Waals surface area contributed by atoms with Crippen LogP contribution in [0.1, 0.15) is 68.2 Å². The van der Waals surface area contributed by atoms with Crippen LogP contribution in [0.2, 0.25) is 0 Å². The zero-order chi connectivity index (χ0) is 21.2. The molecule has 0 nitrogen and oxygen atoms in total. The van der Waals surface area contributed by atoms with Gasteiger partial charge in [-0.2, -0.15) is 0 Å². The first-order valence-corrected chi connectivity index (χ1v) is 11.6. The van der Waals surface area contributed by atoms with Gasteiger partial charge in [0.1, 0.15) is 5.82 Å². The van der Waals surface area contributed by atoms with Crippen molar-refractivity contribution in [2.45, 2.75) is 71.6 Å². The number of halogens is 1. The van der Waals surface area contributed by atoms with Gasteiger partial charge < -0.3 is 0 Å². The lowest BCUT2D eigenvalue weighted by atomic mass is 9.98. The fraction of sp³-hybridized carbons (Fsp3) is 0.379. The largest absolute Gasteiger partial charge is 0.206 e. The molecular formula is C29H35F. The number of benzene rings is 3. The minimum Gasteiger partial charge on any atom is -0.206 e. The second-order valence-electron chi connectivity index (χ2n) is 8.39. The van der Waals surface area contributed by atoms with E-state index in [1.807, 2.05) is 6.07 Å². The highest BCUT2D eigenvalue weighted by molar-refractivity contribution is 5.64. The second-order valence-corrected chi connectivity index (χ2v) is 8.39. The summed E-state index contributed by atoms with van der Waals surface area (Å²) in [6.07, 6.45) is 10.2. The summed E-state index contributed by atoms with van der Waals surface area (Å²) in [7, 11) is 0. The van der Waals surface area contributed by atoms with E-state index in [9.17, 15) is 4.39 Å². The fourth-order valence-corrected chi connectivity index (χ4v) is 3.92. The highest BCUT2D eigenvalue weighted by atomic mass is 19.1. The Hall–Kier alpha value is -2.41. The van der Waals surface area contributed by atoms with Gasteiger partial charge in [-0.1, -0.05) is 93.8 Å². The van der Waals surface area contributed by atoms with Crippen molar-refractivity contribution in [3.63, 3.8) is 0 Å². The molecule has 0 atom stereocenters. The Labute approximate surface area is 182 Å². The van der Waals surface area contributed by atoms with Crippen molar-refractivity contribution in [1.29, 1.82) is 0 Å². The molecule has 3 rings (SSSR count). The third kappa shape index (κ3) is 6.55. The van der Waals surface area contributed by atoms with Crippen LogP contribution in [0.4, 0.5) is 4.39 Å². The molecule has 1 heteroatoms. The molecule has 0 aliphatic rings. The lowest BCUT2D eigenvalue weighted by molar-refractivity contribution is 0.626. The van der Waals surface area contributed by atoms with Gasteiger partial charge in [0, 0.05) is 5.56 Å². The Kier molecular flexibility index (Phi) is 8.68. The molecule has 0 heterocycles. The molecule has 0 saturated carbocycles. The van der Waals surface area contributed by atoms with Gasteiger partial charge in [-0.25, -0.2) is 4.39 Å². The molecule has 0 radical (unpaired) electrons. The molecular weight excluding hydrogens is 367 g/mol. The summed E-state index contributed by atoms with van der Waals surface area (Å²) in [6, 6.07) is 23.2. The normalized spacial score (nSPS) is 11.0. The van der Waals surface area contributed by atoms with E-state index in [2.05, 4.69) is 68.4 Å². The minimum absolute atomic E-state index is 0.111. The van der Waals surface area contributed by atoms with Crippen molar-refractivity contribution >= 4 is 0 Å². The Morgan fingerprint density at radius 3 is 1.60 bits per heavy atom. The van der Waals surface area contributed by atoms with Gasteiger partial charge in [0.25, 0.3) is 0 Å². The molecule has 0 amide bonds. The molecule has 30 heavy (non-hydrogen) atoms. The van der Waals surface area contributed by atoms with E-state index in [-0.39, 0.29) is 5.82 Å². The topological polar surface area (TPSA) is 0 Å². The molecule has 3 aromatic carbocycles. The van der Waals surface area contributed by atoms with E-state index in [0.717, 1.165) is 36.8 Å². The number of aryl methyl sites for hydroxylation is 4. The lowest BCUT2D eigenvalue weighted by Gasteiger charge is -2.08. The molecule has 0 unspecified atom stereocenters. The zero-order valence-electron chi connectivity index (χ0n) is 18.6. The Morgan fingerprint density at radius 2 is 1.03 bits per heavy atom. The van der Waals surface area contributed by atoms with Crippen LogP contribution < -0.4 is 0 Å². The second kappa shape index (κ2) is 11.7. The van der Waals surface area contributed by atoms with Crippen LogP contribution in [0.3, 0.4) is 0 Å². The Bertz CT molecular complexity index is 891. The standard InChI is InChI=1S/C29H35F/c1-3-5-7-9-26-18-21-28(29(30)22-26)27-19-16-25(17-20-27)15-14-24-12-10-23(11-13-24)8-6-4-2/h10-13,16-22H,3-9,14-15H2,1-2H3. The zero-order valence-corrected chi connectivity index (χ0v) is 18.6. The molecule has 0 fully saturated rings. The molecule has 158 valence electrons. The summed E-state index contributed by atoms with van der Waals surface area (Å²) in [5, 5.41) is 0. The molecule has 0 bridgehead atoms. The maximum atomic E-state index is 14.6. The van der Waals surface area contributed by atoms with E-state index in [0.29, 0.717) is 5.56 Å². The van der Waals surface area contributed by atoms with Crippen LogP contribution in [0.25, 0.3) is 11.1 Å². The highest BCUT2D eigenvalue weighted by Gasteiger charge is 2.07. The van der Waals surface area contributed by atoms with Crippen molar-refractivity contribution in [3.8, 4) is 11.1 Å². The number of hydrogen-bond donors (Lipinski definition) is 0. The summed E-state index contributed by atoms with van der Waals surface area (Å²) >= 11 is 0. The highest BCUT2D eigenvalue weighted by Crippen LogP contribution is 2.25. The Morgan fingerprint density at radius 1 is 0.533 bits per heavy atom. The quantitative estimate of drug-likeness (QED) is 0.283. The van der Waals surface area contributed by atoms with Gasteiger partial charge in [0.2, 0.25) is 0 Å². The first-order valence-electron chi connectivity index (χ1n) is 11.6. The molecule has 0 aliphatic carbocycles. The molecule has 0 aromatic heterocycles. The van der Waals surface area contributed by atoms with Crippen molar-refractivity contribution < 1.29 is 4.39 Å². The van der Waals surface area contributed by atoms with Gasteiger partial charge in [0.15, 0.2) is 0 Å². The number of rotatable bonds is 11. The van der Waals surface area contributed by atoms with Crippen LogP contribution in [0.15, 0.2) is 66.7 Å². The molecule has 0 aliphatic heterocycles. The van der Waals surface area contributed by atoms with Gasteiger partial charge >= 0.3 is 0 Å². The summed E-state index contributed by atoms with van der Waals surface area (Å²) in [5.74, 6) is -0.111. The van der Waals surface area contributed by atoms with Crippen molar-refractivity contribution in [2.24, 2.45) is 0 Å². The lowest BCUT2D eigenvalue weighted by Crippen LogP contribution is -1.93. The smallest absolute Gasteiger partial charge is 0.131 e. The maximum absolute atomic E-state index is 14.6. The SMILES string of the molecule is CCCCCc1ccc(-c2ccc(CCc3ccc(CCCC)cc3)cc2)c(F)c1. The maximum Gasteiger partial charge on any atom is 0.131 e. The third-order valence-electron chi connectivity index (χ3n) is 5.91. The van der Waals surface area contributed by atoms with E-state index in [1.54, 1.807) is 6.07 Å². The van der Waals surface area contributed by atoms with E-state index >= 15 is 0 Å². The van der Waals surface area contributed by atoms with Crippen LogP contribution in [0, 0.1) is 5.82 Å². The van der Waals surface area contributed by atoms with E-state index in [1.165, 1.54) is 48.8 Å². The minimum atomic E-state index is -0.111. The first kappa shape index (κ1) is 22.3. The molecule has 3 aromatic rings. The summed E-state index contributed by atoms with van der Waals surface area (Å²) < 4.78 is 14.6. The average molecular weight is 403 g/mol. The summed E-state index contributed by atoms with van der Waals surface area (Å²) in [6.45, 7) is 4.43. The third-order valence-corrected chi connectivity index (χ3v) is 5.91. The molecule has 0 saturated heterocycles. The Balaban J connectivity index is 1.57. The fourth-order valence-electron chi connectivity index (χ4n) is 3.92. The first-order chi connectivity index (χ1) is 14.7. The molecule has 0 spiro atoms. The van der Waals surface area contributed by atoms with Crippen molar-refractivity contribution in [1.82, 2.24) is 0 Å². The van der Waals surface area contributed by atoms with E-state index < -0.39 is 0 Å². The van der Waals surface area contributed by atoms with Crippen molar-refractivity contribution in [3.05, 3.63) is 94.8 Å². The number of unbranched alkanes of at least 4 members (excludes halogenated alkanes) is 3. The van der Waals surface area contributed by atoms with Gasteiger partial charge in [-0.3, -0.25) is 0 Å². The van der Waals surface area contributed by atoms with Gasteiger partial charge in [0.05, 0.1) is 0 Å². The van der Waals surface area contributed by atoms with Crippen molar-refractivity contribution in [2.75, 3.05) is 0 Å². The predicted molar refractivity (Wildman–Crippen MR) is 128 cm³/mol. The monoisotopic (exact) mass is 402 g/mol.